The van der Waals surface area contributed by atoms with Gasteiger partial charge in [0.25, 0.3) is 0 Å². The van der Waals surface area contributed by atoms with E-state index in [2.05, 4.69) is 41.4 Å². The molecule has 0 saturated heterocycles. The van der Waals surface area contributed by atoms with E-state index in [1.807, 2.05) is 18.5 Å². The van der Waals surface area contributed by atoms with Crippen LogP contribution in [-0.4, -0.2) is 10.2 Å². The summed E-state index contributed by atoms with van der Waals surface area (Å²) in [5, 5.41) is 15.6. The molecule has 0 aliphatic heterocycles. The van der Waals surface area contributed by atoms with Crippen molar-refractivity contribution in [3.63, 3.8) is 0 Å². The van der Waals surface area contributed by atoms with Gasteiger partial charge in [-0.3, -0.25) is 5.10 Å². The Balaban J connectivity index is 2.31. The number of rotatable bonds is 4. The predicted octanol–water partition coefficient (Wildman–Crippen LogP) is 3.48. The molecule has 3 nitrogen and oxygen atoms in total. The van der Waals surface area contributed by atoms with E-state index >= 15 is 0 Å². The molecule has 1 atom stereocenters. The molecule has 2 rings (SSSR count). The topological polar surface area (TPSA) is 52.5 Å². The smallest absolute Gasteiger partial charge is 0.0628 e. The number of nitriles is 1. The van der Waals surface area contributed by atoms with Crippen LogP contribution in [0.15, 0.2) is 36.7 Å². The molecule has 1 aromatic heterocycles. The number of H-pyrrole nitrogens is 1. The van der Waals surface area contributed by atoms with E-state index in [-0.39, 0.29) is 0 Å². The minimum atomic E-state index is 0.326. The summed E-state index contributed by atoms with van der Waals surface area (Å²) in [6.07, 6.45) is 5.25. The third kappa shape index (κ3) is 2.54. The fourth-order valence-electron chi connectivity index (χ4n) is 1.99. The van der Waals surface area contributed by atoms with Crippen LogP contribution in [0.25, 0.3) is 11.1 Å². The van der Waals surface area contributed by atoms with Crippen LogP contribution in [0.5, 0.6) is 0 Å². The third-order valence-electron chi connectivity index (χ3n) is 3.02. The fourth-order valence-corrected chi connectivity index (χ4v) is 1.99. The van der Waals surface area contributed by atoms with Crippen molar-refractivity contribution in [3.8, 4) is 17.2 Å². The Morgan fingerprint density at radius 2 is 2.29 bits per heavy atom. The maximum Gasteiger partial charge on any atom is 0.0628 e. The SMILES string of the molecule is CCC(CC#N)c1cccc(-c2cn[nH]c2)c1. The maximum atomic E-state index is 8.82. The molecule has 0 saturated carbocycles. The van der Waals surface area contributed by atoms with E-state index in [1.54, 1.807) is 0 Å². The number of nitrogens with one attached hydrogen (secondary N) is 1. The van der Waals surface area contributed by atoms with Gasteiger partial charge in [0, 0.05) is 18.2 Å². The molecule has 1 N–H and O–H groups in total. The van der Waals surface area contributed by atoms with Gasteiger partial charge in [0.2, 0.25) is 0 Å². The number of hydrogen-bond acceptors (Lipinski definition) is 2. The van der Waals surface area contributed by atoms with Gasteiger partial charge in [0.15, 0.2) is 0 Å². The van der Waals surface area contributed by atoms with Crippen LogP contribution in [-0.2, 0) is 0 Å². The van der Waals surface area contributed by atoms with Gasteiger partial charge >= 0.3 is 0 Å². The van der Waals surface area contributed by atoms with Gasteiger partial charge in [-0.1, -0.05) is 31.2 Å². The summed E-state index contributed by atoms with van der Waals surface area (Å²) in [4.78, 5) is 0. The Kier molecular flexibility index (Phi) is 3.56. The Bertz CT molecular complexity index is 509. The quantitative estimate of drug-likeness (QED) is 0.866. The normalized spacial score (nSPS) is 12.0. The average molecular weight is 225 g/mol. The minimum Gasteiger partial charge on any atom is -0.285 e. The first kappa shape index (κ1) is 11.4. The Hall–Kier alpha value is -2.08. The van der Waals surface area contributed by atoms with Crippen LogP contribution >= 0.6 is 0 Å². The van der Waals surface area contributed by atoms with Crippen molar-refractivity contribution in [1.82, 2.24) is 10.2 Å². The summed E-state index contributed by atoms with van der Waals surface area (Å²) in [7, 11) is 0. The molecular weight excluding hydrogens is 210 g/mol. The zero-order valence-corrected chi connectivity index (χ0v) is 9.85. The molecule has 3 heteroatoms. The molecule has 1 unspecified atom stereocenters. The summed E-state index contributed by atoms with van der Waals surface area (Å²) >= 11 is 0. The van der Waals surface area contributed by atoms with E-state index in [1.165, 1.54) is 5.56 Å². The van der Waals surface area contributed by atoms with Crippen LogP contribution in [0.4, 0.5) is 0 Å². The lowest BCUT2D eigenvalue weighted by atomic mass is 9.92. The second-order valence-corrected chi connectivity index (χ2v) is 4.08. The van der Waals surface area contributed by atoms with E-state index in [9.17, 15) is 0 Å². The van der Waals surface area contributed by atoms with Crippen molar-refractivity contribution < 1.29 is 0 Å². The molecule has 0 fully saturated rings. The summed E-state index contributed by atoms with van der Waals surface area (Å²) in [6.45, 7) is 2.12. The number of nitrogens with zero attached hydrogens (tertiary/aromatic N) is 2. The molecule has 86 valence electrons. The number of aromatic nitrogens is 2. The van der Waals surface area contributed by atoms with Crippen LogP contribution in [0.1, 0.15) is 31.2 Å². The van der Waals surface area contributed by atoms with Crippen molar-refractivity contribution in [3.05, 3.63) is 42.2 Å². The zero-order chi connectivity index (χ0) is 12.1. The molecule has 1 heterocycles. The summed E-state index contributed by atoms with van der Waals surface area (Å²) in [5.41, 5.74) is 3.46. The number of hydrogen-bond donors (Lipinski definition) is 1. The van der Waals surface area contributed by atoms with E-state index < -0.39 is 0 Å². The monoisotopic (exact) mass is 225 g/mol. The highest BCUT2D eigenvalue weighted by atomic mass is 15.1. The van der Waals surface area contributed by atoms with Crippen molar-refractivity contribution >= 4 is 0 Å². The van der Waals surface area contributed by atoms with Gasteiger partial charge in [-0.15, -0.1) is 0 Å². The first-order valence-electron chi connectivity index (χ1n) is 5.81. The predicted molar refractivity (Wildman–Crippen MR) is 67.3 cm³/mol. The standard InChI is InChI=1S/C14H15N3/c1-2-11(6-7-15)12-4-3-5-13(8-12)14-9-16-17-10-14/h3-5,8-11H,2,6H2,1H3,(H,16,17). The summed E-state index contributed by atoms with van der Waals surface area (Å²) in [6, 6.07) is 10.6. The molecule has 17 heavy (non-hydrogen) atoms. The molecule has 1 aromatic carbocycles. The lowest BCUT2D eigenvalue weighted by molar-refractivity contribution is 0.681. The van der Waals surface area contributed by atoms with Crippen LogP contribution in [0, 0.1) is 11.3 Å². The van der Waals surface area contributed by atoms with Gasteiger partial charge in [-0.2, -0.15) is 10.4 Å². The summed E-state index contributed by atoms with van der Waals surface area (Å²) < 4.78 is 0. The molecule has 0 aliphatic carbocycles. The van der Waals surface area contributed by atoms with Gasteiger partial charge < -0.3 is 0 Å². The van der Waals surface area contributed by atoms with Crippen molar-refractivity contribution in [2.75, 3.05) is 0 Å². The molecule has 2 aromatic rings. The first-order valence-corrected chi connectivity index (χ1v) is 5.81. The highest BCUT2D eigenvalue weighted by molar-refractivity contribution is 5.62. The third-order valence-corrected chi connectivity index (χ3v) is 3.02. The average Bonchev–Trinajstić information content (AvgIpc) is 2.90. The lowest BCUT2D eigenvalue weighted by Gasteiger charge is -2.12. The van der Waals surface area contributed by atoms with E-state index in [0.29, 0.717) is 12.3 Å². The molecule has 0 amide bonds. The van der Waals surface area contributed by atoms with Crippen molar-refractivity contribution in [2.24, 2.45) is 0 Å². The van der Waals surface area contributed by atoms with E-state index in [4.69, 9.17) is 5.26 Å². The van der Waals surface area contributed by atoms with Gasteiger partial charge in [-0.25, -0.2) is 0 Å². The molecule has 0 radical (unpaired) electrons. The zero-order valence-electron chi connectivity index (χ0n) is 9.85. The van der Waals surface area contributed by atoms with E-state index in [0.717, 1.165) is 17.5 Å². The van der Waals surface area contributed by atoms with Gasteiger partial charge in [0.05, 0.1) is 12.3 Å². The minimum absolute atomic E-state index is 0.326. The Labute approximate surface area is 101 Å². The summed E-state index contributed by atoms with van der Waals surface area (Å²) in [5.74, 6) is 0.326. The van der Waals surface area contributed by atoms with Crippen LogP contribution < -0.4 is 0 Å². The van der Waals surface area contributed by atoms with Gasteiger partial charge in [-0.05, 0) is 23.5 Å². The maximum absolute atomic E-state index is 8.82. The Morgan fingerprint density at radius 1 is 1.41 bits per heavy atom. The first-order chi connectivity index (χ1) is 8.35. The van der Waals surface area contributed by atoms with Crippen molar-refractivity contribution in [1.29, 1.82) is 5.26 Å². The number of aromatic amines is 1. The number of benzene rings is 1. The molecular formula is C14H15N3. The van der Waals surface area contributed by atoms with Crippen LogP contribution in [0.2, 0.25) is 0 Å². The fraction of sp³-hybridized carbons (Fsp3) is 0.286. The molecule has 0 spiro atoms. The van der Waals surface area contributed by atoms with Crippen molar-refractivity contribution in [2.45, 2.75) is 25.7 Å². The second kappa shape index (κ2) is 5.31. The highest BCUT2D eigenvalue weighted by Crippen LogP contribution is 2.27. The largest absolute Gasteiger partial charge is 0.285 e. The Morgan fingerprint density at radius 3 is 2.94 bits per heavy atom. The molecule has 0 bridgehead atoms. The second-order valence-electron chi connectivity index (χ2n) is 4.08. The van der Waals surface area contributed by atoms with Crippen LogP contribution in [0.3, 0.4) is 0 Å². The highest BCUT2D eigenvalue weighted by Gasteiger charge is 2.09. The van der Waals surface area contributed by atoms with Gasteiger partial charge in [0.1, 0.15) is 0 Å². The lowest BCUT2D eigenvalue weighted by Crippen LogP contribution is -1.96. The molecule has 0 aliphatic rings.